The minimum absolute atomic E-state index is 0.217. The highest BCUT2D eigenvalue weighted by molar-refractivity contribution is 5.98. The average Bonchev–Trinajstić information content (AvgIpc) is 2.35. The van der Waals surface area contributed by atoms with Gasteiger partial charge < -0.3 is 10.4 Å². The molecule has 2 aromatic rings. The van der Waals surface area contributed by atoms with Crippen molar-refractivity contribution in [3.05, 3.63) is 35.9 Å². The van der Waals surface area contributed by atoms with E-state index in [0.29, 0.717) is 18.3 Å². The molecule has 0 radical (unpaired) electrons. The largest absolute Gasteiger partial charge is 0.478 e. The molecule has 0 unspecified atom stereocenters. The second-order valence-corrected chi connectivity index (χ2v) is 4.66. The number of anilines is 1. The number of carbonyl (C=O) groups is 1. The summed E-state index contributed by atoms with van der Waals surface area (Å²) in [5, 5.41) is 13.1. The zero-order valence-corrected chi connectivity index (χ0v) is 10.5. The van der Waals surface area contributed by atoms with Crippen LogP contribution in [0.25, 0.3) is 10.9 Å². The summed E-state index contributed by atoms with van der Waals surface area (Å²) >= 11 is 0. The van der Waals surface area contributed by atoms with Gasteiger partial charge in [-0.15, -0.1) is 0 Å². The summed E-state index contributed by atoms with van der Waals surface area (Å²) in [7, 11) is 0. The van der Waals surface area contributed by atoms with E-state index in [9.17, 15) is 9.90 Å². The average molecular weight is 244 g/mol. The summed E-state index contributed by atoms with van der Waals surface area (Å²) in [5.41, 5.74) is 1.02. The van der Waals surface area contributed by atoms with Crippen LogP contribution in [0.1, 0.15) is 24.2 Å². The Bertz CT molecular complexity index is 579. The quantitative estimate of drug-likeness (QED) is 0.867. The number of fused-ring (bicyclic) bond motifs is 1. The van der Waals surface area contributed by atoms with Gasteiger partial charge in [-0.1, -0.05) is 32.0 Å². The molecule has 0 saturated heterocycles. The van der Waals surface area contributed by atoms with Crippen LogP contribution < -0.4 is 5.32 Å². The van der Waals surface area contributed by atoms with E-state index in [1.165, 1.54) is 0 Å². The molecule has 0 spiro atoms. The van der Waals surface area contributed by atoms with Crippen LogP contribution in [-0.2, 0) is 0 Å². The Balaban J connectivity index is 2.47. The number of aromatic carboxylic acids is 1. The van der Waals surface area contributed by atoms with E-state index < -0.39 is 5.97 Å². The number of aromatic nitrogens is 1. The Hall–Kier alpha value is -2.10. The summed E-state index contributed by atoms with van der Waals surface area (Å²) in [5.74, 6) is -0.0886. The molecule has 1 heterocycles. The minimum Gasteiger partial charge on any atom is -0.478 e. The zero-order chi connectivity index (χ0) is 13.1. The highest BCUT2D eigenvalue weighted by Crippen LogP contribution is 2.20. The van der Waals surface area contributed by atoms with Gasteiger partial charge in [-0.3, -0.25) is 0 Å². The van der Waals surface area contributed by atoms with Crippen LogP contribution in [0, 0.1) is 5.92 Å². The predicted molar refractivity (Wildman–Crippen MR) is 72.0 cm³/mol. The molecular weight excluding hydrogens is 228 g/mol. The van der Waals surface area contributed by atoms with Crippen LogP contribution >= 0.6 is 0 Å². The first-order chi connectivity index (χ1) is 8.58. The lowest BCUT2D eigenvalue weighted by atomic mass is 10.1. The predicted octanol–water partition coefficient (Wildman–Crippen LogP) is 3.00. The number of rotatable bonds is 4. The van der Waals surface area contributed by atoms with E-state index in [4.69, 9.17) is 0 Å². The fourth-order valence-electron chi connectivity index (χ4n) is 1.71. The molecular formula is C14H16N2O2. The number of para-hydroxylation sites is 1. The fourth-order valence-corrected chi connectivity index (χ4v) is 1.71. The number of hydrogen-bond donors (Lipinski definition) is 2. The highest BCUT2D eigenvalue weighted by Gasteiger charge is 2.13. The molecule has 0 amide bonds. The first-order valence-electron chi connectivity index (χ1n) is 5.95. The van der Waals surface area contributed by atoms with E-state index in [-0.39, 0.29) is 5.56 Å². The molecule has 0 fully saturated rings. The lowest BCUT2D eigenvalue weighted by Gasteiger charge is -2.11. The third-order valence-electron chi connectivity index (χ3n) is 2.63. The van der Waals surface area contributed by atoms with Gasteiger partial charge in [0, 0.05) is 11.9 Å². The normalized spacial score (nSPS) is 10.8. The Morgan fingerprint density at radius 2 is 2.11 bits per heavy atom. The van der Waals surface area contributed by atoms with E-state index in [1.54, 1.807) is 6.07 Å². The van der Waals surface area contributed by atoms with E-state index >= 15 is 0 Å². The third kappa shape index (κ3) is 2.59. The molecule has 0 aliphatic rings. The molecule has 1 aromatic heterocycles. The maximum Gasteiger partial charge on any atom is 0.339 e. The zero-order valence-electron chi connectivity index (χ0n) is 10.5. The first-order valence-corrected chi connectivity index (χ1v) is 5.95. The second-order valence-electron chi connectivity index (χ2n) is 4.66. The smallest absolute Gasteiger partial charge is 0.339 e. The van der Waals surface area contributed by atoms with Crippen molar-refractivity contribution in [2.45, 2.75) is 13.8 Å². The molecule has 18 heavy (non-hydrogen) atoms. The monoisotopic (exact) mass is 244 g/mol. The SMILES string of the molecule is CC(C)CNc1nc2ccccc2cc1C(=O)O. The summed E-state index contributed by atoms with van der Waals surface area (Å²) in [6.45, 7) is 4.83. The van der Waals surface area contributed by atoms with Crippen LogP contribution in [0.15, 0.2) is 30.3 Å². The summed E-state index contributed by atoms with van der Waals surface area (Å²) in [6, 6.07) is 9.16. The number of carboxylic acids is 1. The minimum atomic E-state index is -0.959. The summed E-state index contributed by atoms with van der Waals surface area (Å²) in [6.07, 6.45) is 0. The van der Waals surface area contributed by atoms with Gasteiger partial charge in [0.25, 0.3) is 0 Å². The lowest BCUT2D eigenvalue weighted by Crippen LogP contribution is -2.13. The Labute approximate surface area is 106 Å². The maximum absolute atomic E-state index is 11.2. The maximum atomic E-state index is 11.2. The van der Waals surface area contributed by atoms with Crippen molar-refractivity contribution in [1.29, 1.82) is 0 Å². The Morgan fingerprint density at radius 3 is 2.78 bits per heavy atom. The number of pyridine rings is 1. The topological polar surface area (TPSA) is 62.2 Å². The molecule has 0 saturated carbocycles. The van der Waals surface area contributed by atoms with Crippen molar-refractivity contribution in [3.8, 4) is 0 Å². The van der Waals surface area contributed by atoms with Gasteiger partial charge in [0.05, 0.1) is 5.52 Å². The summed E-state index contributed by atoms with van der Waals surface area (Å²) in [4.78, 5) is 15.6. The van der Waals surface area contributed by atoms with Crippen molar-refractivity contribution in [2.24, 2.45) is 5.92 Å². The lowest BCUT2D eigenvalue weighted by molar-refractivity contribution is 0.0697. The standard InChI is InChI=1S/C14H16N2O2/c1-9(2)8-15-13-11(14(17)18)7-10-5-3-4-6-12(10)16-13/h3-7,9H,8H2,1-2H3,(H,15,16)(H,17,18). The molecule has 1 aromatic carbocycles. The molecule has 0 aliphatic heterocycles. The van der Waals surface area contributed by atoms with Crippen LogP contribution in [0.3, 0.4) is 0 Å². The van der Waals surface area contributed by atoms with Gasteiger partial charge in [0.1, 0.15) is 11.4 Å². The van der Waals surface area contributed by atoms with Crippen molar-refractivity contribution >= 4 is 22.7 Å². The molecule has 4 nitrogen and oxygen atoms in total. The number of hydrogen-bond acceptors (Lipinski definition) is 3. The van der Waals surface area contributed by atoms with Gasteiger partial charge in [0.2, 0.25) is 0 Å². The van der Waals surface area contributed by atoms with Crippen LogP contribution in [-0.4, -0.2) is 22.6 Å². The van der Waals surface area contributed by atoms with Crippen LogP contribution in [0.5, 0.6) is 0 Å². The molecule has 0 aliphatic carbocycles. The molecule has 94 valence electrons. The number of nitrogens with zero attached hydrogens (tertiary/aromatic N) is 1. The van der Waals surface area contributed by atoms with Crippen molar-refractivity contribution < 1.29 is 9.90 Å². The van der Waals surface area contributed by atoms with Gasteiger partial charge in [-0.05, 0) is 18.1 Å². The van der Waals surface area contributed by atoms with Gasteiger partial charge in [0.15, 0.2) is 0 Å². The van der Waals surface area contributed by atoms with Gasteiger partial charge in [-0.25, -0.2) is 9.78 Å². The number of nitrogens with one attached hydrogen (secondary N) is 1. The highest BCUT2D eigenvalue weighted by atomic mass is 16.4. The number of carboxylic acid groups (broad SMARTS) is 1. The molecule has 0 bridgehead atoms. The van der Waals surface area contributed by atoms with E-state index in [2.05, 4.69) is 24.1 Å². The third-order valence-corrected chi connectivity index (χ3v) is 2.63. The molecule has 0 atom stereocenters. The number of benzene rings is 1. The molecule has 4 heteroatoms. The first kappa shape index (κ1) is 12.4. The Morgan fingerprint density at radius 1 is 1.39 bits per heavy atom. The van der Waals surface area contributed by atoms with Gasteiger partial charge >= 0.3 is 5.97 Å². The van der Waals surface area contributed by atoms with E-state index in [1.807, 2.05) is 24.3 Å². The summed E-state index contributed by atoms with van der Waals surface area (Å²) < 4.78 is 0. The Kier molecular flexibility index (Phi) is 3.46. The van der Waals surface area contributed by atoms with Crippen molar-refractivity contribution in [3.63, 3.8) is 0 Å². The van der Waals surface area contributed by atoms with Crippen molar-refractivity contribution in [1.82, 2.24) is 4.98 Å². The van der Waals surface area contributed by atoms with Gasteiger partial charge in [-0.2, -0.15) is 0 Å². The van der Waals surface area contributed by atoms with Crippen LogP contribution in [0.4, 0.5) is 5.82 Å². The second kappa shape index (κ2) is 5.04. The van der Waals surface area contributed by atoms with E-state index in [0.717, 1.165) is 10.9 Å². The van der Waals surface area contributed by atoms with Crippen LogP contribution in [0.2, 0.25) is 0 Å². The molecule has 2 N–H and O–H groups in total. The fraction of sp³-hybridized carbons (Fsp3) is 0.286. The van der Waals surface area contributed by atoms with Crippen molar-refractivity contribution in [2.75, 3.05) is 11.9 Å². The molecule has 2 rings (SSSR count).